The fourth-order valence-corrected chi connectivity index (χ4v) is 3.65. The number of urea groups is 1. The monoisotopic (exact) mass is 423 g/mol. The largest absolute Gasteiger partial charge is 0.439 e. The van der Waals surface area contributed by atoms with Crippen molar-refractivity contribution in [2.75, 3.05) is 4.90 Å². The molecule has 2 aliphatic rings. The van der Waals surface area contributed by atoms with Gasteiger partial charge >= 0.3 is 6.03 Å². The molecule has 1 aromatic heterocycles. The summed E-state index contributed by atoms with van der Waals surface area (Å²) in [4.78, 5) is 65.8. The average Bonchev–Trinajstić information content (AvgIpc) is 2.73. The number of nitrogens with zero attached hydrogens (tertiary/aromatic N) is 2. The molecule has 31 heavy (non-hydrogen) atoms. The van der Waals surface area contributed by atoms with Gasteiger partial charge in [-0.15, -0.1) is 0 Å². The minimum atomic E-state index is -1.86. The van der Waals surface area contributed by atoms with Crippen molar-refractivity contribution < 1.29 is 28.7 Å². The molecule has 0 aliphatic carbocycles. The summed E-state index contributed by atoms with van der Waals surface area (Å²) >= 11 is 0. The van der Waals surface area contributed by atoms with Crippen LogP contribution in [0.5, 0.6) is 11.6 Å². The molecule has 11 nitrogen and oxygen atoms in total. The Labute approximate surface area is 175 Å². The van der Waals surface area contributed by atoms with Crippen molar-refractivity contribution in [2.24, 2.45) is 5.73 Å². The van der Waals surface area contributed by atoms with Crippen LogP contribution in [0, 0.1) is 0 Å². The third-order valence-electron chi connectivity index (χ3n) is 5.11. The molecular formula is C20H17N5O6. The molecule has 0 radical (unpaired) electrons. The molecule has 3 heterocycles. The summed E-state index contributed by atoms with van der Waals surface area (Å²) < 4.78 is 5.61. The van der Waals surface area contributed by atoms with E-state index in [9.17, 15) is 24.0 Å². The van der Waals surface area contributed by atoms with Gasteiger partial charge in [0, 0.05) is 18.1 Å². The molecule has 0 bridgehead atoms. The summed E-state index contributed by atoms with van der Waals surface area (Å²) in [5.41, 5.74) is 3.87. The standard InChI is InChI=1S/C20H17N5O6/c21-16(27)11-3-6-13(7-4-11)31-14-8-5-12(10-22-14)25-15(26)2-1-9-20(25)17(28)23-19(30)24-18(20)29/h3-8,10H,1-2,9H2,(H2,21,27)(H2,23,24,28,29,30). The lowest BCUT2D eigenvalue weighted by molar-refractivity contribution is -0.143. The van der Waals surface area contributed by atoms with E-state index in [-0.39, 0.29) is 24.4 Å². The fraction of sp³-hybridized carbons (Fsp3) is 0.200. The van der Waals surface area contributed by atoms with Crippen LogP contribution in [0.25, 0.3) is 0 Å². The first-order valence-corrected chi connectivity index (χ1v) is 9.35. The number of carbonyl (C=O) groups excluding carboxylic acids is 5. The maximum Gasteiger partial charge on any atom is 0.328 e. The van der Waals surface area contributed by atoms with Crippen molar-refractivity contribution in [3.8, 4) is 11.6 Å². The number of primary amides is 1. The number of carbonyl (C=O) groups is 5. The summed E-state index contributed by atoms with van der Waals surface area (Å²) in [6.07, 6.45) is 1.82. The van der Waals surface area contributed by atoms with Gasteiger partial charge in [0.15, 0.2) is 0 Å². The fourth-order valence-electron chi connectivity index (χ4n) is 3.65. The van der Waals surface area contributed by atoms with Crippen molar-refractivity contribution >= 4 is 35.3 Å². The number of aromatic nitrogens is 1. The Bertz CT molecular complexity index is 1080. The minimum absolute atomic E-state index is 0.0636. The molecule has 158 valence electrons. The number of benzene rings is 1. The highest BCUT2D eigenvalue weighted by Gasteiger charge is 2.58. The molecule has 2 aromatic rings. The second kappa shape index (κ2) is 7.52. The summed E-state index contributed by atoms with van der Waals surface area (Å²) in [7, 11) is 0. The number of pyridine rings is 1. The van der Waals surface area contributed by atoms with Gasteiger partial charge < -0.3 is 10.5 Å². The van der Waals surface area contributed by atoms with E-state index in [2.05, 4.69) is 15.6 Å². The van der Waals surface area contributed by atoms with E-state index in [1.807, 2.05) is 0 Å². The Morgan fingerprint density at radius 2 is 1.71 bits per heavy atom. The lowest BCUT2D eigenvalue weighted by Gasteiger charge is -2.45. The SMILES string of the molecule is NC(=O)c1ccc(Oc2ccc(N3C(=O)CCCC34C(=O)NC(=O)NC4=O)cn2)cc1. The van der Waals surface area contributed by atoms with E-state index in [0.717, 1.165) is 4.90 Å². The number of hydrogen-bond acceptors (Lipinski definition) is 7. The number of barbiturate groups is 1. The van der Waals surface area contributed by atoms with Crippen LogP contribution in [0.1, 0.15) is 29.6 Å². The third kappa shape index (κ3) is 3.45. The maximum atomic E-state index is 12.7. The Hall–Kier alpha value is -4.28. The van der Waals surface area contributed by atoms with E-state index in [1.165, 1.54) is 30.5 Å². The van der Waals surface area contributed by atoms with E-state index in [0.29, 0.717) is 17.7 Å². The third-order valence-corrected chi connectivity index (χ3v) is 5.11. The molecule has 1 aromatic carbocycles. The Balaban J connectivity index is 1.61. The zero-order chi connectivity index (χ0) is 22.2. The van der Waals surface area contributed by atoms with Crippen LogP contribution in [0.3, 0.4) is 0 Å². The molecule has 11 heteroatoms. The first-order chi connectivity index (χ1) is 14.8. The number of ether oxygens (including phenoxy) is 1. The number of imide groups is 2. The van der Waals surface area contributed by atoms with Gasteiger partial charge in [-0.2, -0.15) is 0 Å². The molecule has 4 rings (SSSR count). The highest BCUT2D eigenvalue weighted by atomic mass is 16.5. The maximum absolute atomic E-state index is 12.7. The predicted molar refractivity (Wildman–Crippen MR) is 105 cm³/mol. The van der Waals surface area contributed by atoms with E-state index >= 15 is 0 Å². The number of amides is 6. The van der Waals surface area contributed by atoms with Crippen LogP contribution in [-0.4, -0.2) is 40.2 Å². The number of piperidine rings is 1. The number of nitrogens with two attached hydrogens (primary N) is 1. The molecule has 0 unspecified atom stereocenters. The number of hydrogen-bond donors (Lipinski definition) is 3. The zero-order valence-electron chi connectivity index (χ0n) is 16.1. The average molecular weight is 423 g/mol. The lowest BCUT2D eigenvalue weighted by Crippen LogP contribution is -2.75. The normalized spacial score (nSPS) is 17.9. The highest BCUT2D eigenvalue weighted by molar-refractivity contribution is 6.27. The van der Waals surface area contributed by atoms with Crippen LogP contribution < -0.4 is 26.0 Å². The van der Waals surface area contributed by atoms with Crippen molar-refractivity contribution in [1.82, 2.24) is 15.6 Å². The lowest BCUT2D eigenvalue weighted by atomic mass is 9.82. The second-order valence-corrected chi connectivity index (χ2v) is 7.03. The quantitative estimate of drug-likeness (QED) is 0.607. The molecule has 2 aliphatic heterocycles. The molecule has 2 saturated heterocycles. The molecule has 1 spiro atoms. The molecule has 2 fully saturated rings. The molecule has 6 amide bonds. The Kier molecular flexibility index (Phi) is 4.85. The van der Waals surface area contributed by atoms with Gasteiger partial charge in [-0.05, 0) is 43.2 Å². The van der Waals surface area contributed by atoms with E-state index in [1.54, 1.807) is 12.1 Å². The van der Waals surface area contributed by atoms with Crippen molar-refractivity contribution in [3.05, 3.63) is 48.2 Å². The second-order valence-electron chi connectivity index (χ2n) is 7.03. The van der Waals surface area contributed by atoms with Crippen LogP contribution in [0.2, 0.25) is 0 Å². The van der Waals surface area contributed by atoms with Gasteiger partial charge in [0.1, 0.15) is 5.75 Å². The number of nitrogens with one attached hydrogen (secondary N) is 2. The van der Waals surface area contributed by atoms with Gasteiger partial charge in [-0.1, -0.05) is 0 Å². The Morgan fingerprint density at radius 3 is 2.29 bits per heavy atom. The summed E-state index contributed by atoms with van der Waals surface area (Å²) in [6, 6.07) is 8.13. The topological polar surface area (TPSA) is 161 Å². The van der Waals surface area contributed by atoms with Crippen LogP contribution in [0.4, 0.5) is 10.5 Å². The molecular weight excluding hydrogens is 406 g/mol. The van der Waals surface area contributed by atoms with Gasteiger partial charge in [0.25, 0.3) is 11.8 Å². The van der Waals surface area contributed by atoms with Gasteiger partial charge in [0.2, 0.25) is 23.2 Å². The van der Waals surface area contributed by atoms with Crippen LogP contribution >= 0.6 is 0 Å². The smallest absolute Gasteiger partial charge is 0.328 e. The number of anilines is 1. The first kappa shape index (κ1) is 20.0. The van der Waals surface area contributed by atoms with Gasteiger partial charge in [-0.25, -0.2) is 9.78 Å². The van der Waals surface area contributed by atoms with E-state index < -0.39 is 35.2 Å². The summed E-state index contributed by atoms with van der Waals surface area (Å²) in [5, 5.41) is 4.13. The van der Waals surface area contributed by atoms with Crippen LogP contribution in [-0.2, 0) is 14.4 Å². The summed E-state index contributed by atoms with van der Waals surface area (Å²) in [5.74, 6) is -2.13. The molecule has 0 atom stereocenters. The van der Waals surface area contributed by atoms with Gasteiger partial charge in [0.05, 0.1) is 11.9 Å². The number of rotatable bonds is 4. The Morgan fingerprint density at radius 1 is 1.03 bits per heavy atom. The van der Waals surface area contributed by atoms with Crippen molar-refractivity contribution in [2.45, 2.75) is 24.8 Å². The predicted octanol–water partition coefficient (Wildman–Crippen LogP) is 0.595. The van der Waals surface area contributed by atoms with Gasteiger partial charge in [-0.3, -0.25) is 34.7 Å². The first-order valence-electron chi connectivity index (χ1n) is 9.35. The summed E-state index contributed by atoms with van der Waals surface area (Å²) in [6.45, 7) is 0. The highest BCUT2D eigenvalue weighted by Crippen LogP contribution is 2.36. The molecule has 4 N–H and O–H groups in total. The van der Waals surface area contributed by atoms with Crippen LogP contribution in [0.15, 0.2) is 42.6 Å². The zero-order valence-corrected chi connectivity index (χ0v) is 16.1. The van der Waals surface area contributed by atoms with Crippen molar-refractivity contribution in [1.29, 1.82) is 0 Å². The minimum Gasteiger partial charge on any atom is -0.439 e. The van der Waals surface area contributed by atoms with Crippen molar-refractivity contribution in [3.63, 3.8) is 0 Å². The van der Waals surface area contributed by atoms with E-state index in [4.69, 9.17) is 10.5 Å². The molecule has 0 saturated carbocycles.